The van der Waals surface area contributed by atoms with Crippen molar-refractivity contribution in [1.29, 1.82) is 0 Å². The van der Waals surface area contributed by atoms with Gasteiger partial charge in [-0.25, -0.2) is 8.42 Å². The third-order valence-electron chi connectivity index (χ3n) is 4.05. The van der Waals surface area contributed by atoms with Gasteiger partial charge in [0.25, 0.3) is 10.0 Å². The van der Waals surface area contributed by atoms with Crippen LogP contribution in [0.1, 0.15) is 16.7 Å². The van der Waals surface area contributed by atoms with Gasteiger partial charge in [-0.05, 0) is 67.7 Å². The number of nitrogens with one attached hydrogen (secondary N) is 2. The summed E-state index contributed by atoms with van der Waals surface area (Å²) >= 11 is 6.15. The van der Waals surface area contributed by atoms with Crippen LogP contribution in [-0.2, 0) is 22.9 Å². The fourth-order valence-electron chi connectivity index (χ4n) is 2.78. The van der Waals surface area contributed by atoms with Gasteiger partial charge in [0, 0.05) is 5.69 Å². The van der Waals surface area contributed by atoms with Gasteiger partial charge in [-0.1, -0.05) is 29.8 Å². The molecule has 0 radical (unpaired) electrons. The van der Waals surface area contributed by atoms with Gasteiger partial charge in [0.05, 0.1) is 5.02 Å². The predicted octanol–water partition coefficient (Wildman–Crippen LogP) is 3.14. The molecule has 3 rings (SSSR count). The topological polar surface area (TPSA) is 58.2 Å². The van der Waals surface area contributed by atoms with E-state index in [1.54, 1.807) is 19.1 Å². The van der Waals surface area contributed by atoms with Crippen LogP contribution in [0, 0.1) is 6.92 Å². The van der Waals surface area contributed by atoms with E-state index in [1.807, 2.05) is 18.2 Å². The lowest BCUT2D eigenvalue weighted by Crippen LogP contribution is -2.16. The molecule has 0 saturated carbocycles. The van der Waals surface area contributed by atoms with Crippen molar-refractivity contribution in [2.45, 2.75) is 24.7 Å². The van der Waals surface area contributed by atoms with E-state index >= 15 is 0 Å². The number of anilines is 1. The van der Waals surface area contributed by atoms with Gasteiger partial charge >= 0.3 is 0 Å². The van der Waals surface area contributed by atoms with Crippen LogP contribution in [0.5, 0.6) is 0 Å². The van der Waals surface area contributed by atoms with Crippen LogP contribution in [-0.4, -0.2) is 21.5 Å². The Kier molecular flexibility index (Phi) is 4.62. The van der Waals surface area contributed by atoms with Gasteiger partial charge in [0.2, 0.25) is 0 Å². The summed E-state index contributed by atoms with van der Waals surface area (Å²) in [5.41, 5.74) is 3.77. The van der Waals surface area contributed by atoms with E-state index in [9.17, 15) is 8.42 Å². The van der Waals surface area contributed by atoms with Crippen molar-refractivity contribution >= 4 is 27.3 Å². The molecule has 0 unspecified atom stereocenters. The van der Waals surface area contributed by atoms with Crippen LogP contribution in [0.25, 0.3) is 0 Å². The zero-order valence-corrected chi connectivity index (χ0v) is 14.5. The number of rotatable bonds is 3. The van der Waals surface area contributed by atoms with E-state index in [0.717, 1.165) is 31.5 Å². The summed E-state index contributed by atoms with van der Waals surface area (Å²) in [4.78, 5) is 0.107. The lowest BCUT2D eigenvalue weighted by molar-refractivity contribution is 0.601. The molecule has 0 spiro atoms. The normalized spacial score (nSPS) is 14.9. The summed E-state index contributed by atoms with van der Waals surface area (Å²) in [7, 11) is -3.70. The fourth-order valence-corrected chi connectivity index (χ4v) is 4.41. The SMILES string of the molecule is Cc1cccc(S(=O)(=O)Nc2ccc3c(c2)CCNCC3)c1Cl. The Balaban J connectivity index is 1.92. The van der Waals surface area contributed by atoms with Crippen molar-refractivity contribution in [2.24, 2.45) is 0 Å². The standard InChI is InChI=1S/C17H19ClN2O2S/c1-12-3-2-4-16(17(12)18)23(21,22)20-15-6-5-13-7-9-19-10-8-14(13)11-15/h2-6,11,19-20H,7-10H2,1H3. The van der Waals surface area contributed by atoms with Gasteiger partial charge in [-0.15, -0.1) is 0 Å². The van der Waals surface area contributed by atoms with Crippen molar-refractivity contribution in [3.63, 3.8) is 0 Å². The number of fused-ring (bicyclic) bond motifs is 1. The molecule has 1 aliphatic rings. The molecule has 23 heavy (non-hydrogen) atoms. The number of benzene rings is 2. The Bertz CT molecular complexity index is 834. The van der Waals surface area contributed by atoms with Crippen molar-refractivity contribution in [3.05, 3.63) is 58.1 Å². The summed E-state index contributed by atoms with van der Waals surface area (Å²) in [5.74, 6) is 0. The molecule has 2 N–H and O–H groups in total. The van der Waals surface area contributed by atoms with Crippen LogP contribution >= 0.6 is 11.6 Å². The molecule has 122 valence electrons. The lowest BCUT2D eigenvalue weighted by Gasteiger charge is -2.13. The molecule has 0 saturated heterocycles. The first-order valence-corrected chi connectivity index (χ1v) is 9.44. The Labute approximate surface area is 141 Å². The van der Waals surface area contributed by atoms with Gasteiger partial charge in [-0.3, -0.25) is 4.72 Å². The van der Waals surface area contributed by atoms with Crippen LogP contribution in [0.3, 0.4) is 0 Å². The number of hydrogen-bond acceptors (Lipinski definition) is 3. The Morgan fingerprint density at radius 3 is 2.61 bits per heavy atom. The number of hydrogen-bond donors (Lipinski definition) is 2. The van der Waals surface area contributed by atoms with E-state index in [2.05, 4.69) is 10.0 Å². The Morgan fingerprint density at radius 1 is 1.09 bits per heavy atom. The van der Waals surface area contributed by atoms with Crippen molar-refractivity contribution in [3.8, 4) is 0 Å². The molecule has 0 atom stereocenters. The average molecular weight is 351 g/mol. The van der Waals surface area contributed by atoms with Crippen LogP contribution in [0.15, 0.2) is 41.3 Å². The third-order valence-corrected chi connectivity index (χ3v) is 6.08. The average Bonchev–Trinajstić information content (AvgIpc) is 2.74. The number of halogens is 1. The monoisotopic (exact) mass is 350 g/mol. The van der Waals surface area contributed by atoms with E-state index in [-0.39, 0.29) is 9.92 Å². The summed E-state index contributed by atoms with van der Waals surface area (Å²) in [5, 5.41) is 3.61. The lowest BCUT2D eigenvalue weighted by atomic mass is 10.0. The fraction of sp³-hybridized carbons (Fsp3) is 0.294. The van der Waals surface area contributed by atoms with E-state index in [0.29, 0.717) is 5.69 Å². The van der Waals surface area contributed by atoms with Gasteiger partial charge < -0.3 is 5.32 Å². The number of sulfonamides is 1. The smallest absolute Gasteiger partial charge is 0.263 e. The maximum atomic E-state index is 12.6. The molecular weight excluding hydrogens is 332 g/mol. The molecule has 6 heteroatoms. The van der Waals surface area contributed by atoms with Gasteiger partial charge in [0.1, 0.15) is 4.90 Å². The zero-order valence-electron chi connectivity index (χ0n) is 12.9. The minimum atomic E-state index is -3.70. The summed E-state index contributed by atoms with van der Waals surface area (Å²) in [6.45, 7) is 3.65. The molecule has 2 aromatic rings. The molecule has 0 aliphatic carbocycles. The minimum absolute atomic E-state index is 0.107. The highest BCUT2D eigenvalue weighted by Crippen LogP contribution is 2.27. The molecule has 2 aromatic carbocycles. The van der Waals surface area contributed by atoms with Crippen LogP contribution in [0.2, 0.25) is 5.02 Å². The summed E-state index contributed by atoms with van der Waals surface area (Å²) in [6.07, 6.45) is 1.86. The second-order valence-corrected chi connectivity index (χ2v) is 7.75. The van der Waals surface area contributed by atoms with Crippen LogP contribution in [0.4, 0.5) is 5.69 Å². The maximum absolute atomic E-state index is 12.6. The predicted molar refractivity (Wildman–Crippen MR) is 93.7 cm³/mol. The summed E-state index contributed by atoms with van der Waals surface area (Å²) in [6, 6.07) is 10.7. The summed E-state index contributed by atoms with van der Waals surface area (Å²) < 4.78 is 27.8. The van der Waals surface area contributed by atoms with Gasteiger partial charge in [-0.2, -0.15) is 0 Å². The molecule has 1 heterocycles. The van der Waals surface area contributed by atoms with E-state index < -0.39 is 10.0 Å². The first-order valence-electron chi connectivity index (χ1n) is 7.58. The molecule has 0 aromatic heterocycles. The van der Waals surface area contributed by atoms with Crippen molar-refractivity contribution in [1.82, 2.24) is 5.32 Å². The maximum Gasteiger partial charge on any atom is 0.263 e. The van der Waals surface area contributed by atoms with E-state index in [1.165, 1.54) is 17.2 Å². The quantitative estimate of drug-likeness (QED) is 0.894. The highest BCUT2D eigenvalue weighted by Gasteiger charge is 2.19. The minimum Gasteiger partial charge on any atom is -0.316 e. The largest absolute Gasteiger partial charge is 0.316 e. The molecular formula is C17H19ClN2O2S. The zero-order chi connectivity index (χ0) is 16.4. The van der Waals surface area contributed by atoms with E-state index in [4.69, 9.17) is 11.6 Å². The number of aryl methyl sites for hydroxylation is 1. The highest BCUT2D eigenvalue weighted by molar-refractivity contribution is 7.92. The van der Waals surface area contributed by atoms with Crippen LogP contribution < -0.4 is 10.0 Å². The first-order chi connectivity index (χ1) is 11.0. The van der Waals surface area contributed by atoms with Crippen molar-refractivity contribution < 1.29 is 8.42 Å². The Morgan fingerprint density at radius 2 is 1.83 bits per heavy atom. The molecule has 0 bridgehead atoms. The Hall–Kier alpha value is -1.56. The van der Waals surface area contributed by atoms with Crippen molar-refractivity contribution in [2.75, 3.05) is 17.8 Å². The third kappa shape index (κ3) is 3.52. The molecule has 0 amide bonds. The molecule has 0 fully saturated rings. The second kappa shape index (κ2) is 6.51. The highest BCUT2D eigenvalue weighted by atomic mass is 35.5. The molecule has 1 aliphatic heterocycles. The van der Waals surface area contributed by atoms with Gasteiger partial charge in [0.15, 0.2) is 0 Å². The molecule has 4 nitrogen and oxygen atoms in total. The first kappa shape index (κ1) is 16.3. The second-order valence-electron chi connectivity index (χ2n) is 5.73.